The topological polar surface area (TPSA) is 137 Å². The van der Waals surface area contributed by atoms with Crippen molar-refractivity contribution in [3.8, 4) is 5.75 Å². The lowest BCUT2D eigenvalue weighted by Crippen LogP contribution is -2.53. The van der Waals surface area contributed by atoms with Crippen molar-refractivity contribution in [2.75, 3.05) is 33.7 Å². The largest absolute Gasteiger partial charge is 0.484 e. The number of esters is 1. The van der Waals surface area contributed by atoms with Gasteiger partial charge in [-0.3, -0.25) is 0 Å². The number of aliphatic hydroxyl groups is 1. The zero-order valence-electron chi connectivity index (χ0n) is 21.1. The molecular formula is C24H35N2O8P. The number of aryl methyl sites for hydroxylation is 1. The molecule has 0 saturated carbocycles. The molecule has 0 spiro atoms. The van der Waals surface area contributed by atoms with E-state index in [1.165, 1.54) is 7.11 Å². The van der Waals surface area contributed by atoms with E-state index in [4.69, 9.17) is 23.3 Å². The summed E-state index contributed by atoms with van der Waals surface area (Å²) in [7, 11) is -2.71. The molecule has 1 N–H and O–H groups in total. The van der Waals surface area contributed by atoms with E-state index in [0.29, 0.717) is 17.7 Å². The van der Waals surface area contributed by atoms with E-state index in [9.17, 15) is 20.0 Å². The molecular weight excluding hydrogens is 475 g/mol. The fraction of sp³-hybridized carbons (Fsp3) is 0.583. The summed E-state index contributed by atoms with van der Waals surface area (Å²) in [6.07, 6.45) is 3.13. The predicted octanol–water partition coefficient (Wildman–Crippen LogP) is 4.00. The number of nitrogens with zero attached hydrogens (tertiary/aromatic N) is 2. The number of methoxy groups -OCH3 is 1. The molecule has 2 atom stereocenters. The lowest BCUT2D eigenvalue weighted by atomic mass is 9.61. The first-order valence-corrected chi connectivity index (χ1v) is 12.9. The molecule has 0 fully saturated rings. The number of para-hydroxylation sites is 1. The minimum Gasteiger partial charge on any atom is -0.467 e. The second kappa shape index (κ2) is 12.1. The maximum atomic E-state index is 13.0. The number of hydrogen-bond acceptors (Lipinski definition) is 8. The summed E-state index contributed by atoms with van der Waals surface area (Å²) >= 11 is 0. The van der Waals surface area contributed by atoms with Gasteiger partial charge in [-0.05, 0) is 32.8 Å². The number of aliphatic hydroxyl groups excluding tert-OH is 1. The molecule has 1 aliphatic carbocycles. The molecule has 0 bridgehead atoms. The molecule has 0 radical (unpaired) electrons. The van der Waals surface area contributed by atoms with Crippen molar-refractivity contribution in [2.24, 2.45) is 5.41 Å². The second-order valence-electron chi connectivity index (χ2n) is 8.82. The third kappa shape index (κ3) is 6.09. The molecule has 0 heterocycles. The van der Waals surface area contributed by atoms with Crippen LogP contribution in [0.1, 0.15) is 45.2 Å². The summed E-state index contributed by atoms with van der Waals surface area (Å²) in [4.78, 5) is 15.9. The lowest BCUT2D eigenvalue weighted by molar-refractivity contribution is -0.145. The van der Waals surface area contributed by atoms with Gasteiger partial charge in [0.2, 0.25) is 0 Å². The van der Waals surface area contributed by atoms with Crippen molar-refractivity contribution in [1.29, 1.82) is 0 Å². The molecule has 0 amide bonds. The van der Waals surface area contributed by atoms with Crippen molar-refractivity contribution in [2.45, 2.75) is 52.6 Å². The number of allylic oxidation sites excluding steroid dienone is 1. The number of ether oxygens (including phenoxy) is 3. The summed E-state index contributed by atoms with van der Waals surface area (Å²) in [5.41, 5.74) is 8.23. The van der Waals surface area contributed by atoms with Gasteiger partial charge in [0.1, 0.15) is 12.4 Å². The van der Waals surface area contributed by atoms with Gasteiger partial charge in [0.05, 0.1) is 24.7 Å². The zero-order chi connectivity index (χ0) is 26.3. The molecule has 194 valence electrons. The van der Waals surface area contributed by atoms with E-state index in [1.807, 2.05) is 45.1 Å². The highest BCUT2D eigenvalue weighted by Crippen LogP contribution is 2.51. The molecule has 11 heteroatoms. The SMILES string of the molecule is CCOP(=O)(OCC)C(=[N+]=[N-])C(=O)OCC1(c2cccc(C)c2OCOC)CC=CC(C)(C)[C@H]1O. The van der Waals surface area contributed by atoms with Gasteiger partial charge in [-0.15, -0.1) is 4.79 Å². The van der Waals surface area contributed by atoms with Gasteiger partial charge in [0, 0.05) is 18.1 Å². The Balaban J connectivity index is 2.54. The van der Waals surface area contributed by atoms with Crippen molar-refractivity contribution in [3.05, 3.63) is 47.0 Å². The molecule has 1 unspecified atom stereocenters. The van der Waals surface area contributed by atoms with Crippen molar-refractivity contribution < 1.29 is 42.5 Å². The third-order valence-electron chi connectivity index (χ3n) is 5.92. The summed E-state index contributed by atoms with van der Waals surface area (Å²) in [6, 6.07) is 5.49. The van der Waals surface area contributed by atoms with Crippen LogP contribution in [0, 0.1) is 12.3 Å². The molecule has 0 aliphatic heterocycles. The highest BCUT2D eigenvalue weighted by atomic mass is 31.2. The second-order valence-corrected chi connectivity index (χ2v) is 10.8. The summed E-state index contributed by atoms with van der Waals surface area (Å²) in [6.45, 7) is 8.29. The molecule has 2 rings (SSSR count). The number of carbonyl (C=O) groups excluding carboxylic acids is 1. The van der Waals surface area contributed by atoms with Crippen LogP contribution >= 0.6 is 7.60 Å². The quantitative estimate of drug-likeness (QED) is 0.0847. The van der Waals surface area contributed by atoms with Crippen LogP contribution in [-0.2, 0) is 33.3 Å². The standard InChI is InChI=1S/C24H35N2O8P/c1-7-33-35(29,34-8-2)20(26-25)21(27)31-15-24(14-10-13-23(4,5)22(24)28)18-12-9-11-17(3)19(18)32-16-30-6/h9-13,22,28H,7-8,14-16H2,1-6H3/t22-,24?/m1/s1. The van der Waals surface area contributed by atoms with Crippen LogP contribution in [-0.4, -0.2) is 61.1 Å². The van der Waals surface area contributed by atoms with Crippen LogP contribution in [0.15, 0.2) is 30.4 Å². The smallest absolute Gasteiger partial charge is 0.467 e. The normalized spacial score (nSPS) is 21.3. The Morgan fingerprint density at radius 1 is 1.26 bits per heavy atom. The Kier molecular flexibility index (Phi) is 9.98. The fourth-order valence-electron chi connectivity index (χ4n) is 4.28. The Morgan fingerprint density at radius 2 is 1.91 bits per heavy atom. The monoisotopic (exact) mass is 510 g/mol. The van der Waals surface area contributed by atoms with Crippen LogP contribution in [0.5, 0.6) is 5.75 Å². The minimum absolute atomic E-state index is 0.0176. The van der Waals surface area contributed by atoms with E-state index in [0.717, 1.165) is 5.56 Å². The van der Waals surface area contributed by atoms with Crippen LogP contribution in [0.2, 0.25) is 0 Å². The molecule has 10 nitrogen and oxygen atoms in total. The maximum absolute atomic E-state index is 13.0. The van der Waals surface area contributed by atoms with Gasteiger partial charge < -0.3 is 33.9 Å². The first-order chi connectivity index (χ1) is 16.5. The van der Waals surface area contributed by atoms with Gasteiger partial charge in [-0.2, -0.15) is 0 Å². The Morgan fingerprint density at radius 3 is 2.49 bits per heavy atom. The van der Waals surface area contributed by atoms with E-state index in [-0.39, 0.29) is 26.6 Å². The lowest BCUT2D eigenvalue weighted by Gasteiger charge is -2.47. The Bertz CT molecular complexity index is 1020. The number of rotatable bonds is 12. The van der Waals surface area contributed by atoms with Crippen LogP contribution < -0.4 is 4.74 Å². The van der Waals surface area contributed by atoms with E-state index < -0.39 is 36.0 Å². The average Bonchev–Trinajstić information content (AvgIpc) is 2.80. The number of benzene rings is 1. The first kappa shape index (κ1) is 28.9. The number of hydrogen-bond donors (Lipinski definition) is 1. The molecule has 0 aromatic heterocycles. The fourth-order valence-corrected chi connectivity index (χ4v) is 5.68. The van der Waals surface area contributed by atoms with Crippen LogP contribution in [0.4, 0.5) is 0 Å². The van der Waals surface area contributed by atoms with E-state index in [1.54, 1.807) is 19.9 Å². The summed E-state index contributed by atoms with van der Waals surface area (Å²) in [5, 5.41) is 11.6. The van der Waals surface area contributed by atoms with Crippen LogP contribution in [0.25, 0.3) is 5.53 Å². The van der Waals surface area contributed by atoms with Crippen molar-refractivity contribution in [3.63, 3.8) is 0 Å². The van der Waals surface area contributed by atoms with Crippen molar-refractivity contribution in [1.82, 2.24) is 0 Å². The predicted molar refractivity (Wildman–Crippen MR) is 129 cm³/mol. The average molecular weight is 511 g/mol. The molecule has 1 aliphatic rings. The maximum Gasteiger partial charge on any atom is 0.484 e. The zero-order valence-corrected chi connectivity index (χ0v) is 22.0. The van der Waals surface area contributed by atoms with Crippen molar-refractivity contribution >= 4 is 19.0 Å². The number of carbonyl (C=O) groups is 1. The van der Waals surface area contributed by atoms with Gasteiger partial charge in [-0.1, -0.05) is 44.2 Å². The van der Waals surface area contributed by atoms with Gasteiger partial charge >= 0.3 is 19.0 Å². The summed E-state index contributed by atoms with van der Waals surface area (Å²) < 4.78 is 39.8. The van der Waals surface area contributed by atoms with E-state index >= 15 is 0 Å². The van der Waals surface area contributed by atoms with Gasteiger partial charge in [0.15, 0.2) is 6.79 Å². The van der Waals surface area contributed by atoms with E-state index in [2.05, 4.69) is 4.79 Å². The molecule has 1 aromatic rings. The molecule has 0 saturated heterocycles. The Hall–Kier alpha value is -2.32. The molecule has 1 aromatic carbocycles. The van der Waals surface area contributed by atoms with Gasteiger partial charge in [-0.25, -0.2) is 9.36 Å². The minimum atomic E-state index is -4.21. The highest BCUT2D eigenvalue weighted by Gasteiger charge is 2.52. The van der Waals surface area contributed by atoms with Gasteiger partial charge in [0.25, 0.3) is 0 Å². The first-order valence-electron chi connectivity index (χ1n) is 11.4. The Labute approximate surface area is 206 Å². The van der Waals surface area contributed by atoms with Crippen LogP contribution in [0.3, 0.4) is 0 Å². The summed E-state index contributed by atoms with van der Waals surface area (Å²) in [5.74, 6) is -0.676. The highest BCUT2D eigenvalue weighted by molar-refractivity contribution is 7.74. The molecule has 35 heavy (non-hydrogen) atoms. The third-order valence-corrected chi connectivity index (χ3v) is 7.91.